The lowest BCUT2D eigenvalue weighted by Crippen LogP contribution is -2.39. The van der Waals surface area contributed by atoms with Crippen molar-refractivity contribution >= 4 is 17.4 Å². The van der Waals surface area contributed by atoms with Crippen molar-refractivity contribution in [2.24, 2.45) is 0 Å². The Morgan fingerprint density at radius 1 is 1.32 bits per heavy atom. The van der Waals surface area contributed by atoms with Crippen LogP contribution in [0.3, 0.4) is 0 Å². The molecular weight excluding hydrogens is 298 g/mol. The maximum atomic E-state index is 12.2. The summed E-state index contributed by atoms with van der Waals surface area (Å²) in [6, 6.07) is 9.01. The fourth-order valence-corrected chi connectivity index (χ4v) is 2.97. The molecule has 0 aliphatic rings. The average molecular weight is 319 g/mol. The number of rotatable bonds is 6. The van der Waals surface area contributed by atoms with Crippen molar-refractivity contribution in [3.05, 3.63) is 52.0 Å². The molecule has 2 amide bonds. The van der Waals surface area contributed by atoms with Gasteiger partial charge >= 0.3 is 6.03 Å². The van der Waals surface area contributed by atoms with Crippen molar-refractivity contribution in [2.45, 2.75) is 32.4 Å². The van der Waals surface area contributed by atoms with E-state index in [4.69, 9.17) is 0 Å². The molecule has 0 saturated heterocycles. The number of benzene rings is 1. The zero-order valence-corrected chi connectivity index (χ0v) is 13.6. The predicted molar refractivity (Wildman–Crippen MR) is 87.8 cm³/mol. The Kier molecular flexibility index (Phi) is 5.91. The molecule has 1 aromatic heterocycles. The molecule has 1 aromatic carbocycles. The summed E-state index contributed by atoms with van der Waals surface area (Å²) >= 11 is 1.53. The number of urea groups is 1. The summed E-state index contributed by atoms with van der Waals surface area (Å²) in [4.78, 5) is 16.5. The summed E-state index contributed by atoms with van der Waals surface area (Å²) in [5.74, 6) is 0. The van der Waals surface area contributed by atoms with Crippen molar-refractivity contribution in [3.63, 3.8) is 0 Å². The normalized spacial score (nSPS) is 13.4. The third kappa shape index (κ3) is 4.54. The van der Waals surface area contributed by atoms with Gasteiger partial charge in [0.1, 0.15) is 5.01 Å². The molecule has 3 N–H and O–H groups in total. The summed E-state index contributed by atoms with van der Waals surface area (Å²) in [6.07, 6.45) is 0.474. The number of hydrogen-bond donors (Lipinski definition) is 3. The molecule has 2 rings (SSSR count). The Morgan fingerprint density at radius 3 is 2.64 bits per heavy atom. The highest BCUT2D eigenvalue weighted by Crippen LogP contribution is 2.19. The Morgan fingerprint density at radius 2 is 2.05 bits per heavy atom. The first-order valence-electron chi connectivity index (χ1n) is 7.25. The van der Waals surface area contributed by atoms with E-state index in [9.17, 15) is 9.90 Å². The number of hydrogen-bond acceptors (Lipinski definition) is 4. The van der Waals surface area contributed by atoms with Crippen LogP contribution >= 0.6 is 11.3 Å². The summed E-state index contributed by atoms with van der Waals surface area (Å²) in [7, 11) is 0. The molecule has 0 aliphatic carbocycles. The third-order valence-corrected chi connectivity index (χ3v) is 4.43. The topological polar surface area (TPSA) is 74.2 Å². The number of nitrogens with zero attached hydrogens (tertiary/aromatic N) is 1. The van der Waals surface area contributed by atoms with Gasteiger partial charge in [-0.3, -0.25) is 0 Å². The van der Waals surface area contributed by atoms with Crippen LogP contribution in [-0.4, -0.2) is 22.7 Å². The van der Waals surface area contributed by atoms with Crippen LogP contribution in [0.4, 0.5) is 4.79 Å². The molecule has 2 atom stereocenters. The van der Waals surface area contributed by atoms with Gasteiger partial charge < -0.3 is 15.7 Å². The van der Waals surface area contributed by atoms with E-state index in [-0.39, 0.29) is 24.7 Å². The highest BCUT2D eigenvalue weighted by atomic mass is 32.1. The van der Waals surface area contributed by atoms with Crippen LogP contribution in [0.1, 0.15) is 41.7 Å². The fourth-order valence-electron chi connectivity index (χ4n) is 2.17. The Labute approximate surface area is 134 Å². The van der Waals surface area contributed by atoms with Gasteiger partial charge in [-0.05, 0) is 25.8 Å². The molecule has 0 aliphatic heterocycles. The van der Waals surface area contributed by atoms with Gasteiger partial charge in [-0.15, -0.1) is 11.3 Å². The van der Waals surface area contributed by atoms with Gasteiger partial charge in [0, 0.05) is 17.7 Å². The molecule has 0 fully saturated rings. The molecule has 2 aromatic rings. The lowest BCUT2D eigenvalue weighted by molar-refractivity contribution is 0.226. The van der Waals surface area contributed by atoms with Crippen LogP contribution in [0, 0.1) is 6.92 Å². The summed E-state index contributed by atoms with van der Waals surface area (Å²) in [5.41, 5.74) is 1.93. The molecule has 0 spiro atoms. The second kappa shape index (κ2) is 7.91. The van der Waals surface area contributed by atoms with E-state index < -0.39 is 0 Å². The lowest BCUT2D eigenvalue weighted by Gasteiger charge is -2.20. The Bertz CT molecular complexity index is 600. The van der Waals surface area contributed by atoms with E-state index >= 15 is 0 Å². The SMILES string of the molecule is Cc1csc(C(C)NC(=O)N[C@H](CCO)c2ccccc2)n1. The highest BCUT2D eigenvalue weighted by molar-refractivity contribution is 7.09. The van der Waals surface area contributed by atoms with Gasteiger partial charge in [-0.25, -0.2) is 9.78 Å². The molecule has 5 nitrogen and oxygen atoms in total. The molecule has 22 heavy (non-hydrogen) atoms. The van der Waals surface area contributed by atoms with Gasteiger partial charge in [0.25, 0.3) is 0 Å². The van der Waals surface area contributed by atoms with E-state index in [0.717, 1.165) is 16.3 Å². The number of carbonyl (C=O) groups is 1. The smallest absolute Gasteiger partial charge is 0.315 e. The number of aliphatic hydroxyl groups is 1. The molecule has 6 heteroatoms. The third-order valence-electron chi connectivity index (χ3n) is 3.28. The largest absolute Gasteiger partial charge is 0.396 e. The second-order valence-electron chi connectivity index (χ2n) is 5.14. The molecular formula is C16H21N3O2S. The molecule has 1 heterocycles. The van der Waals surface area contributed by atoms with Crippen LogP contribution in [-0.2, 0) is 0 Å². The Hall–Kier alpha value is -1.92. The van der Waals surface area contributed by atoms with E-state index in [0.29, 0.717) is 6.42 Å². The van der Waals surface area contributed by atoms with Crippen LogP contribution < -0.4 is 10.6 Å². The first-order valence-corrected chi connectivity index (χ1v) is 8.13. The van der Waals surface area contributed by atoms with Gasteiger partial charge in [0.2, 0.25) is 0 Å². The zero-order chi connectivity index (χ0) is 15.9. The van der Waals surface area contributed by atoms with Crippen LogP contribution in [0.25, 0.3) is 0 Å². The van der Waals surface area contributed by atoms with Crippen molar-refractivity contribution in [2.75, 3.05) is 6.61 Å². The summed E-state index contributed by atoms with van der Waals surface area (Å²) in [5, 5.41) is 17.8. The maximum Gasteiger partial charge on any atom is 0.315 e. The van der Waals surface area contributed by atoms with Crippen molar-refractivity contribution in [1.82, 2.24) is 15.6 Å². The van der Waals surface area contributed by atoms with E-state index in [1.807, 2.05) is 49.6 Å². The van der Waals surface area contributed by atoms with Crippen molar-refractivity contribution in [1.29, 1.82) is 0 Å². The first kappa shape index (κ1) is 16.5. The standard InChI is InChI=1S/C16H21N3O2S/c1-11-10-22-15(17-11)12(2)18-16(21)19-14(8-9-20)13-6-4-3-5-7-13/h3-7,10,12,14,20H,8-9H2,1-2H3,(H2,18,19,21)/t12?,14-/m1/s1. The number of amides is 2. The first-order chi connectivity index (χ1) is 10.6. The maximum absolute atomic E-state index is 12.2. The van der Waals surface area contributed by atoms with Crippen LogP contribution in [0.2, 0.25) is 0 Å². The van der Waals surface area contributed by atoms with Gasteiger partial charge in [0.15, 0.2) is 0 Å². The number of aromatic nitrogens is 1. The minimum atomic E-state index is -0.261. The number of carbonyl (C=O) groups excluding carboxylic acids is 1. The number of aryl methyl sites for hydroxylation is 1. The molecule has 0 saturated carbocycles. The molecule has 0 radical (unpaired) electrons. The number of thiazole rings is 1. The van der Waals surface area contributed by atoms with Crippen LogP contribution in [0.15, 0.2) is 35.7 Å². The summed E-state index contributed by atoms with van der Waals surface area (Å²) in [6.45, 7) is 3.85. The molecule has 0 bridgehead atoms. The second-order valence-corrected chi connectivity index (χ2v) is 6.03. The van der Waals surface area contributed by atoms with E-state index in [2.05, 4.69) is 15.6 Å². The number of nitrogens with one attached hydrogen (secondary N) is 2. The summed E-state index contributed by atoms with van der Waals surface area (Å²) < 4.78 is 0. The van der Waals surface area contributed by atoms with E-state index in [1.165, 1.54) is 11.3 Å². The zero-order valence-electron chi connectivity index (χ0n) is 12.7. The minimum absolute atomic E-state index is 0.0149. The van der Waals surface area contributed by atoms with Crippen LogP contribution in [0.5, 0.6) is 0 Å². The molecule has 1 unspecified atom stereocenters. The van der Waals surface area contributed by atoms with Crippen molar-refractivity contribution in [3.8, 4) is 0 Å². The number of aliphatic hydroxyl groups excluding tert-OH is 1. The van der Waals surface area contributed by atoms with Gasteiger partial charge in [-0.2, -0.15) is 0 Å². The average Bonchev–Trinajstić information content (AvgIpc) is 2.94. The van der Waals surface area contributed by atoms with Gasteiger partial charge in [0.05, 0.1) is 12.1 Å². The lowest BCUT2D eigenvalue weighted by atomic mass is 10.0. The Balaban J connectivity index is 1.96. The van der Waals surface area contributed by atoms with Crippen molar-refractivity contribution < 1.29 is 9.90 Å². The highest BCUT2D eigenvalue weighted by Gasteiger charge is 2.17. The quantitative estimate of drug-likeness (QED) is 0.766. The predicted octanol–water partition coefficient (Wildman–Crippen LogP) is 2.94. The minimum Gasteiger partial charge on any atom is -0.396 e. The van der Waals surface area contributed by atoms with E-state index in [1.54, 1.807) is 0 Å². The fraction of sp³-hybridized carbons (Fsp3) is 0.375. The molecule has 118 valence electrons. The van der Waals surface area contributed by atoms with Gasteiger partial charge in [-0.1, -0.05) is 30.3 Å². The monoisotopic (exact) mass is 319 g/mol.